The lowest BCUT2D eigenvalue weighted by molar-refractivity contribution is -0.123. The number of amides is 1. The number of hydrogen-bond donors (Lipinski definition) is 2. The molecule has 6 nitrogen and oxygen atoms in total. The predicted octanol–water partition coefficient (Wildman–Crippen LogP) is 1.74. The molecule has 1 aromatic carbocycles. The Kier molecular flexibility index (Phi) is 3.74. The lowest BCUT2D eigenvalue weighted by Gasteiger charge is -2.15. The number of nitrogens with zero attached hydrogens (tertiary/aromatic N) is 2. The number of imidazole rings is 1. The Balaban J connectivity index is 2.60. The molecule has 0 saturated carbocycles. The fourth-order valence-electron chi connectivity index (χ4n) is 2.33. The van der Waals surface area contributed by atoms with Crippen molar-refractivity contribution in [3.8, 4) is 0 Å². The second kappa shape index (κ2) is 5.32. The first-order valence-electron chi connectivity index (χ1n) is 6.46. The molecule has 0 fully saturated rings. The Labute approximate surface area is 116 Å². The van der Waals surface area contributed by atoms with Gasteiger partial charge in [-0.25, -0.2) is 9.78 Å². The lowest BCUT2D eigenvalue weighted by Crippen LogP contribution is -2.31. The van der Waals surface area contributed by atoms with Gasteiger partial charge >= 0.3 is 5.97 Å². The number of carboxylic acids is 1. The Bertz CT molecular complexity index is 676. The van der Waals surface area contributed by atoms with E-state index in [2.05, 4.69) is 10.3 Å². The van der Waals surface area contributed by atoms with Crippen LogP contribution in [-0.4, -0.2) is 33.1 Å². The molecule has 106 valence electrons. The van der Waals surface area contributed by atoms with Crippen LogP contribution in [0.2, 0.25) is 0 Å². The van der Waals surface area contributed by atoms with Gasteiger partial charge in [-0.1, -0.05) is 6.07 Å². The number of para-hydroxylation sites is 1. The molecule has 1 unspecified atom stereocenters. The molecule has 0 spiro atoms. The van der Waals surface area contributed by atoms with Crippen LogP contribution >= 0.6 is 0 Å². The van der Waals surface area contributed by atoms with Crippen molar-refractivity contribution in [2.45, 2.75) is 26.8 Å². The maximum atomic E-state index is 12.0. The van der Waals surface area contributed by atoms with Crippen LogP contribution in [0.25, 0.3) is 11.0 Å². The van der Waals surface area contributed by atoms with Crippen LogP contribution in [0.15, 0.2) is 18.2 Å². The van der Waals surface area contributed by atoms with E-state index in [0.29, 0.717) is 23.4 Å². The molecule has 2 rings (SSSR count). The van der Waals surface area contributed by atoms with E-state index >= 15 is 0 Å². The van der Waals surface area contributed by atoms with Crippen molar-refractivity contribution in [3.05, 3.63) is 29.6 Å². The summed E-state index contributed by atoms with van der Waals surface area (Å²) in [4.78, 5) is 27.5. The number of likely N-dealkylation sites (N-methyl/N-ethyl adjacent to an activating group) is 1. The Morgan fingerprint density at radius 3 is 2.75 bits per heavy atom. The van der Waals surface area contributed by atoms with E-state index in [-0.39, 0.29) is 11.5 Å². The zero-order valence-corrected chi connectivity index (χ0v) is 11.7. The van der Waals surface area contributed by atoms with E-state index in [0.717, 1.165) is 0 Å². The number of carbonyl (C=O) groups excluding carboxylic acids is 1. The molecule has 20 heavy (non-hydrogen) atoms. The summed E-state index contributed by atoms with van der Waals surface area (Å²) in [5.41, 5.74) is 1.21. The zero-order chi connectivity index (χ0) is 14.9. The van der Waals surface area contributed by atoms with Crippen LogP contribution in [-0.2, 0) is 4.79 Å². The van der Waals surface area contributed by atoms with E-state index < -0.39 is 12.0 Å². The van der Waals surface area contributed by atoms with Gasteiger partial charge in [-0.05, 0) is 32.9 Å². The number of carbonyl (C=O) groups is 2. The van der Waals surface area contributed by atoms with Gasteiger partial charge in [0, 0.05) is 6.54 Å². The summed E-state index contributed by atoms with van der Waals surface area (Å²) in [6.45, 7) is 5.94. The Hall–Kier alpha value is -2.37. The molecule has 1 amide bonds. The molecular formula is C14H17N3O3. The molecule has 2 N–H and O–H groups in total. The van der Waals surface area contributed by atoms with E-state index in [1.807, 2.05) is 6.92 Å². The third kappa shape index (κ3) is 2.24. The van der Waals surface area contributed by atoms with Gasteiger partial charge in [0.15, 0.2) is 0 Å². The highest BCUT2D eigenvalue weighted by molar-refractivity contribution is 6.01. The monoisotopic (exact) mass is 275 g/mol. The number of hydrogen-bond acceptors (Lipinski definition) is 3. The first-order chi connectivity index (χ1) is 9.47. The molecular weight excluding hydrogens is 258 g/mol. The number of fused-ring (bicyclic) bond motifs is 1. The zero-order valence-electron chi connectivity index (χ0n) is 11.7. The van der Waals surface area contributed by atoms with Crippen molar-refractivity contribution in [2.75, 3.05) is 6.54 Å². The molecule has 2 aromatic rings. The molecule has 1 aromatic heterocycles. The Morgan fingerprint density at radius 1 is 1.45 bits per heavy atom. The summed E-state index contributed by atoms with van der Waals surface area (Å²) in [5.74, 6) is -0.519. The minimum Gasteiger partial charge on any atom is -0.478 e. The van der Waals surface area contributed by atoms with Gasteiger partial charge in [0.1, 0.15) is 17.4 Å². The predicted molar refractivity (Wildman–Crippen MR) is 74.8 cm³/mol. The molecule has 0 bridgehead atoms. The van der Waals surface area contributed by atoms with Crippen LogP contribution in [0.1, 0.15) is 36.1 Å². The number of carboxylic acid groups (broad SMARTS) is 1. The van der Waals surface area contributed by atoms with Gasteiger partial charge in [-0.3, -0.25) is 4.79 Å². The van der Waals surface area contributed by atoms with Crippen molar-refractivity contribution in [2.24, 2.45) is 0 Å². The number of aromatic carboxylic acids is 1. The highest BCUT2D eigenvalue weighted by Gasteiger charge is 2.21. The van der Waals surface area contributed by atoms with Gasteiger partial charge in [0.25, 0.3) is 0 Å². The number of aryl methyl sites for hydroxylation is 1. The summed E-state index contributed by atoms with van der Waals surface area (Å²) in [6, 6.07) is 4.51. The van der Waals surface area contributed by atoms with Gasteiger partial charge in [-0.15, -0.1) is 0 Å². The molecule has 0 saturated heterocycles. The average Bonchev–Trinajstić information content (AvgIpc) is 2.73. The lowest BCUT2D eigenvalue weighted by atomic mass is 10.2. The van der Waals surface area contributed by atoms with Crippen LogP contribution in [0.3, 0.4) is 0 Å². The van der Waals surface area contributed by atoms with Crippen molar-refractivity contribution in [1.29, 1.82) is 0 Å². The van der Waals surface area contributed by atoms with Gasteiger partial charge in [0.2, 0.25) is 5.91 Å². The standard InChI is InChI=1S/C14H17N3O3/c1-4-15-13(18)8(2)17-9(3)16-12-10(14(19)20)6-5-7-11(12)17/h5-8H,4H2,1-3H3,(H,15,18)(H,19,20). The van der Waals surface area contributed by atoms with E-state index in [1.54, 1.807) is 30.5 Å². The van der Waals surface area contributed by atoms with Gasteiger partial charge in [-0.2, -0.15) is 0 Å². The minimum atomic E-state index is -1.02. The van der Waals surface area contributed by atoms with Crippen LogP contribution in [0.4, 0.5) is 0 Å². The molecule has 1 heterocycles. The SMILES string of the molecule is CCNC(=O)C(C)n1c(C)nc2c(C(=O)O)cccc21. The quantitative estimate of drug-likeness (QED) is 0.890. The molecule has 6 heteroatoms. The van der Waals surface area contributed by atoms with Crippen LogP contribution in [0, 0.1) is 6.92 Å². The highest BCUT2D eigenvalue weighted by atomic mass is 16.4. The summed E-state index contributed by atoms with van der Waals surface area (Å²) in [6.07, 6.45) is 0. The van der Waals surface area contributed by atoms with Gasteiger partial charge in [0.05, 0.1) is 11.1 Å². The molecule has 0 radical (unpaired) electrons. The van der Waals surface area contributed by atoms with E-state index in [1.165, 1.54) is 6.07 Å². The Morgan fingerprint density at radius 2 is 2.15 bits per heavy atom. The molecule has 0 aliphatic carbocycles. The van der Waals surface area contributed by atoms with Crippen LogP contribution < -0.4 is 5.32 Å². The number of rotatable bonds is 4. The van der Waals surface area contributed by atoms with Crippen LogP contribution in [0.5, 0.6) is 0 Å². The second-order valence-corrected chi connectivity index (χ2v) is 4.58. The van der Waals surface area contributed by atoms with E-state index in [4.69, 9.17) is 0 Å². The fourth-order valence-corrected chi connectivity index (χ4v) is 2.33. The van der Waals surface area contributed by atoms with Crippen molar-refractivity contribution in [1.82, 2.24) is 14.9 Å². The summed E-state index contributed by atoms with van der Waals surface area (Å²) >= 11 is 0. The summed E-state index contributed by atoms with van der Waals surface area (Å²) in [7, 11) is 0. The maximum absolute atomic E-state index is 12.0. The topological polar surface area (TPSA) is 84.2 Å². The molecule has 0 aliphatic rings. The third-order valence-electron chi connectivity index (χ3n) is 3.24. The van der Waals surface area contributed by atoms with E-state index in [9.17, 15) is 14.7 Å². The number of nitrogens with one attached hydrogen (secondary N) is 1. The maximum Gasteiger partial charge on any atom is 0.337 e. The first-order valence-corrected chi connectivity index (χ1v) is 6.46. The smallest absolute Gasteiger partial charge is 0.337 e. The third-order valence-corrected chi connectivity index (χ3v) is 3.24. The largest absolute Gasteiger partial charge is 0.478 e. The first kappa shape index (κ1) is 14.0. The number of aromatic nitrogens is 2. The minimum absolute atomic E-state index is 0.115. The number of benzene rings is 1. The van der Waals surface area contributed by atoms with Crippen molar-refractivity contribution in [3.63, 3.8) is 0 Å². The van der Waals surface area contributed by atoms with Crippen molar-refractivity contribution < 1.29 is 14.7 Å². The molecule has 0 aliphatic heterocycles. The summed E-state index contributed by atoms with van der Waals surface area (Å²) < 4.78 is 1.76. The second-order valence-electron chi connectivity index (χ2n) is 4.58. The average molecular weight is 275 g/mol. The fraction of sp³-hybridized carbons (Fsp3) is 0.357. The van der Waals surface area contributed by atoms with Crippen molar-refractivity contribution >= 4 is 22.9 Å². The summed E-state index contributed by atoms with van der Waals surface area (Å²) in [5, 5.41) is 11.9. The normalized spacial score (nSPS) is 12.3. The molecule has 1 atom stereocenters. The highest BCUT2D eigenvalue weighted by Crippen LogP contribution is 2.24. The van der Waals surface area contributed by atoms with Gasteiger partial charge < -0.3 is 15.0 Å².